The fraction of sp³-hybridized carbons (Fsp3) is 0.304. The fourth-order valence-electron chi connectivity index (χ4n) is 4.14. The molecule has 0 amide bonds. The Bertz CT molecular complexity index is 1240. The van der Waals surface area contributed by atoms with Gasteiger partial charge >= 0.3 is 0 Å². The van der Waals surface area contributed by atoms with Crippen molar-refractivity contribution in [2.24, 2.45) is 5.73 Å². The summed E-state index contributed by atoms with van der Waals surface area (Å²) < 4.78 is 30.1. The highest BCUT2D eigenvalue weighted by Crippen LogP contribution is 2.32. The zero-order valence-corrected chi connectivity index (χ0v) is 18.5. The third-order valence-corrected chi connectivity index (χ3v) is 6.74. The summed E-state index contributed by atoms with van der Waals surface area (Å²) in [5.41, 5.74) is 10.8. The number of halogens is 2. The number of fused-ring (bicyclic) bond motifs is 1. The first-order chi connectivity index (χ1) is 15.5. The van der Waals surface area contributed by atoms with E-state index in [1.807, 2.05) is 18.5 Å². The van der Waals surface area contributed by atoms with Gasteiger partial charge in [0, 0.05) is 49.4 Å². The zero-order valence-electron chi connectivity index (χ0n) is 17.7. The highest BCUT2D eigenvalue weighted by atomic mass is 32.1. The Morgan fingerprint density at radius 3 is 2.62 bits per heavy atom. The van der Waals surface area contributed by atoms with Gasteiger partial charge in [-0.25, -0.2) is 18.7 Å². The van der Waals surface area contributed by atoms with Crippen LogP contribution in [0.25, 0.3) is 16.9 Å². The summed E-state index contributed by atoms with van der Waals surface area (Å²) in [7, 11) is 0. The third kappa shape index (κ3) is 3.76. The number of nitrogens with one attached hydrogen (secondary N) is 1. The Labute approximate surface area is 188 Å². The minimum absolute atomic E-state index is 0.279. The van der Waals surface area contributed by atoms with Crippen molar-refractivity contribution in [3.8, 4) is 11.3 Å². The van der Waals surface area contributed by atoms with Crippen LogP contribution in [0, 0.1) is 11.6 Å². The first kappa shape index (κ1) is 21.0. The molecule has 4 aromatic rings. The Kier molecular flexibility index (Phi) is 5.62. The summed E-state index contributed by atoms with van der Waals surface area (Å²) in [4.78, 5) is 11.4. The molecule has 0 bridgehead atoms. The monoisotopic (exact) mass is 454 g/mol. The maximum absolute atomic E-state index is 15.0. The number of rotatable bonds is 5. The second kappa shape index (κ2) is 8.57. The first-order valence-corrected chi connectivity index (χ1v) is 11.6. The van der Waals surface area contributed by atoms with Crippen molar-refractivity contribution in [2.45, 2.75) is 19.4 Å². The van der Waals surface area contributed by atoms with E-state index in [4.69, 9.17) is 10.7 Å². The van der Waals surface area contributed by atoms with Gasteiger partial charge in [0.05, 0.1) is 28.8 Å². The van der Waals surface area contributed by atoms with Gasteiger partial charge in [0.25, 0.3) is 0 Å². The number of nitrogens with two attached hydrogens (primary N) is 1. The molecule has 32 heavy (non-hydrogen) atoms. The molecule has 0 saturated carbocycles. The van der Waals surface area contributed by atoms with Gasteiger partial charge < -0.3 is 16.0 Å². The van der Waals surface area contributed by atoms with E-state index in [1.165, 1.54) is 23.5 Å². The number of piperazine rings is 1. The molecule has 5 rings (SSSR count). The molecule has 1 saturated heterocycles. The van der Waals surface area contributed by atoms with Crippen molar-refractivity contribution in [1.29, 1.82) is 0 Å². The molecule has 0 radical (unpaired) electrons. The minimum Gasteiger partial charge on any atom is -0.368 e. The predicted octanol–water partition coefficient (Wildman–Crippen LogP) is 3.76. The summed E-state index contributed by atoms with van der Waals surface area (Å²) in [5, 5.41) is 5.93. The molecule has 166 valence electrons. The number of anilines is 1. The quantitative estimate of drug-likeness (QED) is 0.481. The predicted molar refractivity (Wildman–Crippen MR) is 123 cm³/mol. The Hall–Kier alpha value is -2.88. The second-order valence-electron chi connectivity index (χ2n) is 7.83. The van der Waals surface area contributed by atoms with Gasteiger partial charge in [-0.1, -0.05) is 6.92 Å². The summed E-state index contributed by atoms with van der Waals surface area (Å²) in [6.07, 6.45) is 2.56. The normalized spacial score (nSPS) is 15.4. The lowest BCUT2D eigenvalue weighted by molar-refractivity contribution is 0.583. The Morgan fingerprint density at radius 2 is 1.91 bits per heavy atom. The molecule has 1 atom stereocenters. The van der Waals surface area contributed by atoms with Crippen LogP contribution in [-0.2, 0) is 6.42 Å². The first-order valence-electron chi connectivity index (χ1n) is 10.7. The number of pyridine rings is 1. The maximum atomic E-state index is 15.0. The van der Waals surface area contributed by atoms with E-state index >= 15 is 4.39 Å². The number of thiazole rings is 1. The van der Waals surface area contributed by atoms with Gasteiger partial charge in [-0.05, 0) is 30.7 Å². The molecule has 6 nitrogen and oxygen atoms in total. The van der Waals surface area contributed by atoms with Crippen LogP contribution in [0.2, 0.25) is 0 Å². The smallest absolute Gasteiger partial charge is 0.173 e. The molecule has 1 fully saturated rings. The highest BCUT2D eigenvalue weighted by Gasteiger charge is 2.25. The molecule has 1 aromatic carbocycles. The van der Waals surface area contributed by atoms with Crippen LogP contribution < -0.4 is 16.0 Å². The van der Waals surface area contributed by atoms with Gasteiger partial charge in [-0.15, -0.1) is 11.3 Å². The van der Waals surface area contributed by atoms with Crippen LogP contribution in [0.15, 0.2) is 41.9 Å². The van der Waals surface area contributed by atoms with E-state index in [0.717, 1.165) is 54.5 Å². The number of hydrogen-bond donors (Lipinski definition) is 2. The van der Waals surface area contributed by atoms with Crippen molar-refractivity contribution in [3.05, 3.63) is 69.9 Å². The van der Waals surface area contributed by atoms with Crippen molar-refractivity contribution >= 4 is 22.7 Å². The second-order valence-corrected chi connectivity index (χ2v) is 8.72. The minimum atomic E-state index is -0.558. The van der Waals surface area contributed by atoms with E-state index < -0.39 is 6.04 Å². The van der Waals surface area contributed by atoms with Crippen molar-refractivity contribution in [1.82, 2.24) is 19.7 Å². The van der Waals surface area contributed by atoms with Crippen LogP contribution in [-0.4, -0.2) is 40.5 Å². The van der Waals surface area contributed by atoms with E-state index in [-0.39, 0.29) is 17.3 Å². The molecule has 0 aliphatic carbocycles. The third-order valence-electron chi connectivity index (χ3n) is 5.81. The molecule has 1 unspecified atom stereocenters. The Balaban J connectivity index is 1.56. The maximum Gasteiger partial charge on any atom is 0.173 e. The molecule has 9 heteroatoms. The molecule has 0 spiro atoms. The Morgan fingerprint density at radius 1 is 1.16 bits per heavy atom. The average molecular weight is 455 g/mol. The van der Waals surface area contributed by atoms with Crippen molar-refractivity contribution in [2.75, 3.05) is 31.1 Å². The molecule has 4 heterocycles. The average Bonchev–Trinajstić information content (AvgIpc) is 3.45. The van der Waals surface area contributed by atoms with Crippen LogP contribution >= 0.6 is 11.3 Å². The SMILES string of the molecule is CCc1nc2c(F)cc(N3CCNCC3)cn2c1C(N)c1nc(-c2ccc(F)cc2)cs1. The van der Waals surface area contributed by atoms with Crippen molar-refractivity contribution < 1.29 is 8.78 Å². The van der Waals surface area contributed by atoms with E-state index in [1.54, 1.807) is 22.6 Å². The molecule has 1 aliphatic rings. The lowest BCUT2D eigenvalue weighted by Crippen LogP contribution is -2.43. The highest BCUT2D eigenvalue weighted by molar-refractivity contribution is 7.10. The van der Waals surface area contributed by atoms with Gasteiger partial charge in [0.2, 0.25) is 0 Å². The van der Waals surface area contributed by atoms with Gasteiger partial charge in [-0.2, -0.15) is 0 Å². The fourth-order valence-corrected chi connectivity index (χ4v) is 4.97. The topological polar surface area (TPSA) is 71.5 Å². The van der Waals surface area contributed by atoms with Gasteiger partial charge in [-0.3, -0.25) is 4.40 Å². The molecular weight excluding hydrogens is 430 g/mol. The van der Waals surface area contributed by atoms with Crippen LogP contribution in [0.5, 0.6) is 0 Å². The van der Waals surface area contributed by atoms with E-state index in [9.17, 15) is 4.39 Å². The lowest BCUT2D eigenvalue weighted by atomic mass is 10.1. The molecule has 3 N–H and O–H groups in total. The van der Waals surface area contributed by atoms with Crippen LogP contribution in [0.3, 0.4) is 0 Å². The lowest BCUT2D eigenvalue weighted by Gasteiger charge is -2.29. The van der Waals surface area contributed by atoms with Gasteiger partial charge in [0.15, 0.2) is 11.5 Å². The standard InChI is InChI=1S/C23H24F2N6S/c1-2-18-21(20(26)23-29-19(13-32-23)14-3-5-15(24)6-4-14)31-12-16(11-17(25)22(31)28-18)30-9-7-27-8-10-30/h3-6,11-13,20,27H,2,7-10,26H2,1H3. The largest absolute Gasteiger partial charge is 0.368 e. The molecule has 1 aliphatic heterocycles. The number of aryl methyl sites for hydroxylation is 1. The summed E-state index contributed by atoms with van der Waals surface area (Å²) in [6.45, 7) is 5.34. The number of nitrogens with zero attached hydrogens (tertiary/aromatic N) is 4. The van der Waals surface area contributed by atoms with E-state index in [0.29, 0.717) is 11.4 Å². The van der Waals surface area contributed by atoms with E-state index in [2.05, 4.69) is 15.2 Å². The van der Waals surface area contributed by atoms with Crippen LogP contribution in [0.1, 0.15) is 29.4 Å². The molecule has 3 aromatic heterocycles. The zero-order chi connectivity index (χ0) is 22.2. The summed E-state index contributed by atoms with van der Waals surface area (Å²) in [6, 6.07) is 7.21. The number of benzene rings is 1. The van der Waals surface area contributed by atoms with Crippen LogP contribution in [0.4, 0.5) is 14.5 Å². The number of imidazole rings is 1. The van der Waals surface area contributed by atoms with Crippen molar-refractivity contribution in [3.63, 3.8) is 0 Å². The number of aromatic nitrogens is 3. The summed E-state index contributed by atoms with van der Waals surface area (Å²) >= 11 is 1.44. The molecular formula is C23H24F2N6S. The summed E-state index contributed by atoms with van der Waals surface area (Å²) in [5.74, 6) is -0.651. The number of hydrogen-bond acceptors (Lipinski definition) is 6. The van der Waals surface area contributed by atoms with Gasteiger partial charge in [0.1, 0.15) is 10.8 Å².